The smallest absolute Gasteiger partial charge is 0.191 e. The molecule has 3 aromatic heterocycles. The van der Waals surface area contributed by atoms with Crippen LogP contribution in [0.1, 0.15) is 26.7 Å². The molecule has 0 aliphatic rings. The molecule has 27 heavy (non-hydrogen) atoms. The van der Waals surface area contributed by atoms with Gasteiger partial charge in [-0.3, -0.25) is 4.99 Å². The number of nitrogens with zero attached hydrogens (tertiary/aromatic N) is 3. The number of aromatic nitrogens is 2. The van der Waals surface area contributed by atoms with Gasteiger partial charge in [0.05, 0.1) is 20.6 Å². The molecule has 0 radical (unpaired) electrons. The van der Waals surface area contributed by atoms with Crippen LogP contribution in [-0.4, -0.2) is 35.6 Å². The van der Waals surface area contributed by atoms with Crippen molar-refractivity contribution in [2.75, 3.05) is 19.6 Å². The predicted octanol–water partition coefficient (Wildman–Crippen LogP) is 4.29. The molecule has 0 aliphatic heterocycles. The number of aliphatic imine (C=N–C) groups is 1. The second-order valence-corrected chi connectivity index (χ2v) is 9.62. The molecule has 0 saturated carbocycles. The van der Waals surface area contributed by atoms with Crippen molar-refractivity contribution in [1.82, 2.24) is 20.6 Å². The van der Waals surface area contributed by atoms with Crippen LogP contribution in [0.25, 0.3) is 10.6 Å². The fourth-order valence-electron chi connectivity index (χ4n) is 2.55. The second kappa shape index (κ2) is 9.96. The Morgan fingerprint density at radius 2 is 2.04 bits per heavy atom. The summed E-state index contributed by atoms with van der Waals surface area (Å²) in [6.45, 7) is 8.68. The zero-order chi connectivity index (χ0) is 19.1. The van der Waals surface area contributed by atoms with Gasteiger partial charge >= 0.3 is 0 Å². The topological polar surface area (TPSA) is 62.2 Å². The molecule has 0 unspecified atom stereocenters. The molecule has 3 aromatic rings. The van der Waals surface area contributed by atoms with Crippen LogP contribution in [0.2, 0.25) is 0 Å². The summed E-state index contributed by atoms with van der Waals surface area (Å²) in [4.78, 5) is 17.5. The first kappa shape index (κ1) is 20.0. The van der Waals surface area contributed by atoms with Gasteiger partial charge in [0.2, 0.25) is 0 Å². The summed E-state index contributed by atoms with van der Waals surface area (Å²) in [7, 11) is 0. The van der Waals surface area contributed by atoms with Crippen LogP contribution in [0.5, 0.6) is 0 Å². The van der Waals surface area contributed by atoms with Crippen LogP contribution in [0, 0.1) is 13.8 Å². The predicted molar refractivity (Wildman–Crippen MR) is 118 cm³/mol. The molecule has 0 fully saturated rings. The van der Waals surface area contributed by atoms with Gasteiger partial charge in [-0.15, -0.1) is 34.0 Å². The lowest BCUT2D eigenvalue weighted by Gasteiger charge is -2.10. The molecule has 0 aromatic carbocycles. The Morgan fingerprint density at radius 3 is 2.74 bits per heavy atom. The highest BCUT2D eigenvalue weighted by Crippen LogP contribution is 2.29. The summed E-state index contributed by atoms with van der Waals surface area (Å²) in [6, 6.07) is 4.37. The molecule has 2 N–H and O–H groups in total. The average molecular weight is 420 g/mol. The second-order valence-electron chi connectivity index (χ2n) is 6.07. The fourth-order valence-corrected chi connectivity index (χ4v) is 4.98. The van der Waals surface area contributed by atoms with Crippen molar-refractivity contribution in [3.63, 3.8) is 0 Å². The van der Waals surface area contributed by atoms with E-state index in [4.69, 9.17) is 0 Å². The summed E-state index contributed by atoms with van der Waals surface area (Å²) in [5.41, 5.74) is 1.09. The Kier molecular flexibility index (Phi) is 7.37. The highest BCUT2D eigenvalue weighted by atomic mass is 32.1. The summed E-state index contributed by atoms with van der Waals surface area (Å²) >= 11 is 5.26. The molecule has 0 aliphatic carbocycles. The molecule has 0 spiro atoms. The van der Waals surface area contributed by atoms with Crippen LogP contribution >= 0.6 is 34.0 Å². The first-order valence-corrected chi connectivity index (χ1v) is 11.6. The quantitative estimate of drug-likeness (QED) is 0.422. The molecular formula is C19H25N5S3. The summed E-state index contributed by atoms with van der Waals surface area (Å²) in [5.74, 6) is 0.873. The van der Waals surface area contributed by atoms with Gasteiger partial charge in [0.25, 0.3) is 0 Å². The van der Waals surface area contributed by atoms with E-state index in [0.717, 1.165) is 54.1 Å². The standard InChI is InChI=1S/C19H25N5S3/c1-4-20-19(22-10-8-18-23-11-13(2)26-18)21-9-7-15-5-6-17(27-15)16-12-25-14(3)24-16/h5-6,11-12H,4,7-10H2,1-3H3,(H2,20,21,22). The van der Waals surface area contributed by atoms with Crippen molar-refractivity contribution in [1.29, 1.82) is 0 Å². The van der Waals surface area contributed by atoms with Crippen molar-refractivity contribution in [3.8, 4) is 10.6 Å². The number of rotatable bonds is 8. The molecule has 0 bridgehead atoms. The largest absolute Gasteiger partial charge is 0.357 e. The lowest BCUT2D eigenvalue weighted by Crippen LogP contribution is -2.38. The Balaban J connectivity index is 1.47. The molecule has 8 heteroatoms. The van der Waals surface area contributed by atoms with Crippen LogP contribution < -0.4 is 10.6 Å². The molecule has 0 saturated heterocycles. The summed E-state index contributed by atoms with van der Waals surface area (Å²) in [6.07, 6.45) is 3.79. The number of hydrogen-bond acceptors (Lipinski definition) is 6. The minimum absolute atomic E-state index is 0.745. The van der Waals surface area contributed by atoms with E-state index in [2.05, 4.69) is 57.0 Å². The van der Waals surface area contributed by atoms with Gasteiger partial charge in [-0.2, -0.15) is 0 Å². The lowest BCUT2D eigenvalue weighted by atomic mass is 10.3. The minimum atomic E-state index is 0.745. The van der Waals surface area contributed by atoms with Crippen LogP contribution in [-0.2, 0) is 12.8 Å². The van der Waals surface area contributed by atoms with E-state index >= 15 is 0 Å². The van der Waals surface area contributed by atoms with Gasteiger partial charge in [-0.1, -0.05) is 0 Å². The molecule has 0 amide bonds. The Bertz CT molecular complexity index is 877. The van der Waals surface area contributed by atoms with Gasteiger partial charge in [0.1, 0.15) is 0 Å². The maximum atomic E-state index is 4.66. The van der Waals surface area contributed by atoms with Crippen molar-refractivity contribution < 1.29 is 0 Å². The number of thiophene rings is 1. The first-order valence-electron chi connectivity index (χ1n) is 9.08. The van der Waals surface area contributed by atoms with Crippen LogP contribution in [0.4, 0.5) is 0 Å². The van der Waals surface area contributed by atoms with E-state index in [1.54, 1.807) is 22.7 Å². The monoisotopic (exact) mass is 419 g/mol. The van der Waals surface area contributed by atoms with E-state index in [9.17, 15) is 0 Å². The maximum Gasteiger partial charge on any atom is 0.191 e. The molecule has 0 atom stereocenters. The number of hydrogen-bond donors (Lipinski definition) is 2. The third-order valence-corrected chi connectivity index (χ3v) is 6.72. The van der Waals surface area contributed by atoms with Gasteiger partial charge < -0.3 is 10.6 Å². The lowest BCUT2D eigenvalue weighted by molar-refractivity contribution is 0.801. The minimum Gasteiger partial charge on any atom is -0.357 e. The molecule has 144 valence electrons. The van der Waals surface area contributed by atoms with Gasteiger partial charge in [-0.05, 0) is 39.3 Å². The first-order chi connectivity index (χ1) is 13.1. The normalized spacial score (nSPS) is 11.7. The van der Waals surface area contributed by atoms with Gasteiger partial charge in [0, 0.05) is 47.4 Å². The zero-order valence-electron chi connectivity index (χ0n) is 15.9. The fraction of sp³-hybridized carbons (Fsp3) is 0.421. The van der Waals surface area contributed by atoms with Crippen molar-refractivity contribution in [2.24, 2.45) is 4.99 Å². The highest BCUT2D eigenvalue weighted by Gasteiger charge is 2.06. The Labute approximate surface area is 172 Å². The van der Waals surface area contributed by atoms with E-state index in [0.29, 0.717) is 0 Å². The van der Waals surface area contributed by atoms with Gasteiger partial charge in [0.15, 0.2) is 5.96 Å². The number of thiazole rings is 2. The van der Waals surface area contributed by atoms with Crippen molar-refractivity contribution >= 4 is 40.0 Å². The third kappa shape index (κ3) is 6.12. The molecule has 5 nitrogen and oxygen atoms in total. The average Bonchev–Trinajstić information content (AvgIpc) is 3.36. The van der Waals surface area contributed by atoms with Crippen LogP contribution in [0.15, 0.2) is 28.7 Å². The van der Waals surface area contributed by atoms with E-state index < -0.39 is 0 Å². The highest BCUT2D eigenvalue weighted by molar-refractivity contribution is 7.16. The van der Waals surface area contributed by atoms with Gasteiger partial charge in [-0.25, -0.2) is 9.97 Å². The molecule has 3 heterocycles. The SMILES string of the molecule is CCNC(=NCCc1ncc(C)s1)NCCc1ccc(-c2csc(C)n2)s1. The van der Waals surface area contributed by atoms with Crippen LogP contribution in [0.3, 0.4) is 0 Å². The van der Waals surface area contributed by atoms with E-state index in [-0.39, 0.29) is 0 Å². The zero-order valence-corrected chi connectivity index (χ0v) is 18.4. The van der Waals surface area contributed by atoms with E-state index in [1.807, 2.05) is 24.5 Å². The summed E-state index contributed by atoms with van der Waals surface area (Å²) < 4.78 is 0. The maximum absolute atomic E-state index is 4.66. The number of guanidine groups is 1. The third-order valence-electron chi connectivity index (χ3n) is 3.81. The van der Waals surface area contributed by atoms with Crippen molar-refractivity contribution in [2.45, 2.75) is 33.6 Å². The number of nitrogens with one attached hydrogen (secondary N) is 2. The molecule has 3 rings (SSSR count). The Morgan fingerprint density at radius 1 is 1.15 bits per heavy atom. The number of aryl methyl sites for hydroxylation is 2. The van der Waals surface area contributed by atoms with Crippen molar-refractivity contribution in [3.05, 3.63) is 43.5 Å². The van der Waals surface area contributed by atoms with E-state index in [1.165, 1.54) is 14.6 Å². The Hall–Kier alpha value is -1.77. The summed E-state index contributed by atoms with van der Waals surface area (Å²) in [5, 5.41) is 11.1. The molecular weight excluding hydrogens is 394 g/mol.